The fourth-order valence-corrected chi connectivity index (χ4v) is 3.19. The second-order valence-corrected chi connectivity index (χ2v) is 7.99. The Labute approximate surface area is 184 Å². The zero-order chi connectivity index (χ0) is 24.6. The molecule has 0 spiro atoms. The minimum absolute atomic E-state index is 0.00187. The highest BCUT2D eigenvalue weighted by Crippen LogP contribution is 2.33. The van der Waals surface area contributed by atoms with E-state index in [4.69, 9.17) is 0 Å². The van der Waals surface area contributed by atoms with Gasteiger partial charge in [0.05, 0.1) is 11.1 Å². The van der Waals surface area contributed by atoms with E-state index in [0.717, 1.165) is 18.2 Å². The van der Waals surface area contributed by atoms with Gasteiger partial charge in [-0.25, -0.2) is 4.98 Å². The van der Waals surface area contributed by atoms with Gasteiger partial charge in [0, 0.05) is 35.8 Å². The van der Waals surface area contributed by atoms with Crippen molar-refractivity contribution in [2.45, 2.75) is 51.2 Å². The van der Waals surface area contributed by atoms with E-state index in [2.05, 4.69) is 15.4 Å². The summed E-state index contributed by atoms with van der Waals surface area (Å²) >= 11 is 0. The van der Waals surface area contributed by atoms with Crippen molar-refractivity contribution in [1.82, 2.24) is 14.8 Å². The minimum atomic E-state index is -4.73. The average Bonchev–Trinajstić information content (AvgIpc) is 3.06. The van der Waals surface area contributed by atoms with Gasteiger partial charge < -0.3 is 10.4 Å². The van der Waals surface area contributed by atoms with Gasteiger partial charge in [0.1, 0.15) is 11.4 Å². The molecule has 2 aromatic heterocycles. The van der Waals surface area contributed by atoms with Crippen molar-refractivity contribution in [2.24, 2.45) is 0 Å². The fourth-order valence-electron chi connectivity index (χ4n) is 3.19. The molecule has 178 valence electrons. The summed E-state index contributed by atoms with van der Waals surface area (Å²) in [7, 11) is 0. The molecule has 0 aliphatic heterocycles. The highest BCUT2D eigenvalue weighted by molar-refractivity contribution is 6.04. The van der Waals surface area contributed by atoms with E-state index >= 15 is 0 Å². The maximum atomic E-state index is 12.9. The van der Waals surface area contributed by atoms with E-state index in [1.807, 2.05) is 0 Å². The number of carbonyl (C=O) groups is 1. The normalized spacial score (nSPS) is 12.9. The smallest absolute Gasteiger partial charge is 0.386 e. The highest BCUT2D eigenvalue weighted by Gasteiger charge is 2.33. The fraction of sp³-hybridized carbons (Fsp3) is 0.381. The van der Waals surface area contributed by atoms with Crippen LogP contribution in [0.25, 0.3) is 10.9 Å². The van der Waals surface area contributed by atoms with Gasteiger partial charge in [-0.3, -0.25) is 9.48 Å². The van der Waals surface area contributed by atoms with E-state index < -0.39 is 41.7 Å². The minimum Gasteiger partial charge on any atom is -0.386 e. The number of anilines is 1. The van der Waals surface area contributed by atoms with Gasteiger partial charge in [-0.2, -0.15) is 31.4 Å². The third kappa shape index (κ3) is 6.21. The Bertz CT molecular complexity index is 1160. The number of nitrogens with one attached hydrogen (secondary N) is 1. The van der Waals surface area contributed by atoms with Crippen LogP contribution in [0.2, 0.25) is 0 Å². The number of halogens is 6. The number of aryl methyl sites for hydroxylation is 1. The summed E-state index contributed by atoms with van der Waals surface area (Å²) in [5.74, 6) is -0.927. The van der Waals surface area contributed by atoms with Gasteiger partial charge in [-0.15, -0.1) is 0 Å². The third-order valence-corrected chi connectivity index (χ3v) is 4.72. The summed E-state index contributed by atoms with van der Waals surface area (Å²) in [5.41, 5.74) is -2.49. The maximum absolute atomic E-state index is 12.9. The van der Waals surface area contributed by atoms with E-state index in [9.17, 15) is 36.2 Å². The van der Waals surface area contributed by atoms with Crippen LogP contribution in [-0.4, -0.2) is 32.0 Å². The molecule has 2 N–H and O–H groups in total. The lowest BCUT2D eigenvalue weighted by atomic mass is 9.95. The van der Waals surface area contributed by atoms with E-state index in [-0.39, 0.29) is 24.2 Å². The van der Waals surface area contributed by atoms with Gasteiger partial charge in [-0.05, 0) is 44.5 Å². The molecule has 6 nitrogen and oxygen atoms in total. The maximum Gasteiger partial charge on any atom is 0.433 e. The number of pyridine rings is 1. The summed E-state index contributed by atoms with van der Waals surface area (Å²) in [6.07, 6.45) is -8.67. The quantitative estimate of drug-likeness (QED) is 0.477. The lowest BCUT2D eigenvalue weighted by Crippen LogP contribution is -2.22. The number of aromatic nitrogens is 3. The first-order valence-corrected chi connectivity index (χ1v) is 9.80. The number of benzene rings is 1. The molecular formula is C21H20F6N4O2. The van der Waals surface area contributed by atoms with Crippen LogP contribution < -0.4 is 5.32 Å². The first-order chi connectivity index (χ1) is 15.1. The van der Waals surface area contributed by atoms with Crippen molar-refractivity contribution in [1.29, 1.82) is 0 Å². The number of aliphatic hydroxyl groups is 1. The van der Waals surface area contributed by atoms with Gasteiger partial charge in [0.2, 0.25) is 0 Å². The predicted octanol–water partition coefficient (Wildman–Crippen LogP) is 5.27. The van der Waals surface area contributed by atoms with Crippen molar-refractivity contribution in [3.8, 4) is 0 Å². The van der Waals surface area contributed by atoms with Crippen molar-refractivity contribution in [3.63, 3.8) is 0 Å². The summed E-state index contributed by atoms with van der Waals surface area (Å²) in [5, 5.41) is 17.7. The molecule has 0 saturated heterocycles. The molecule has 12 heteroatoms. The lowest BCUT2D eigenvalue weighted by molar-refractivity contribution is -0.141. The number of alkyl halides is 6. The zero-order valence-electron chi connectivity index (χ0n) is 17.6. The van der Waals surface area contributed by atoms with Crippen molar-refractivity contribution >= 4 is 22.5 Å². The monoisotopic (exact) mass is 474 g/mol. The second kappa shape index (κ2) is 8.65. The Hall–Kier alpha value is -3.15. The number of carbonyl (C=O) groups excluding carboxylic acids is 1. The molecule has 3 rings (SSSR count). The van der Waals surface area contributed by atoms with Crippen LogP contribution >= 0.6 is 0 Å². The van der Waals surface area contributed by atoms with Crippen molar-refractivity contribution in [3.05, 3.63) is 53.5 Å². The van der Waals surface area contributed by atoms with E-state index in [1.165, 1.54) is 36.9 Å². The van der Waals surface area contributed by atoms with Crippen molar-refractivity contribution < 1.29 is 36.2 Å². The van der Waals surface area contributed by atoms with E-state index in [1.54, 1.807) is 0 Å². The van der Waals surface area contributed by atoms with Crippen LogP contribution in [0, 0.1) is 0 Å². The summed E-state index contributed by atoms with van der Waals surface area (Å²) in [6, 6.07) is 5.81. The Morgan fingerprint density at radius 2 is 1.82 bits per heavy atom. The first kappa shape index (κ1) is 24.5. The number of hydrogen-bond acceptors (Lipinski definition) is 4. The van der Waals surface area contributed by atoms with E-state index in [0.29, 0.717) is 10.9 Å². The Balaban J connectivity index is 1.92. The molecule has 0 saturated carbocycles. The number of rotatable bonds is 6. The first-order valence-electron chi connectivity index (χ1n) is 9.80. The molecule has 0 radical (unpaired) electrons. The van der Waals surface area contributed by atoms with Crippen LogP contribution in [0.3, 0.4) is 0 Å². The molecule has 0 unspecified atom stereocenters. The molecule has 2 heterocycles. The van der Waals surface area contributed by atoms with Gasteiger partial charge in [0.15, 0.2) is 0 Å². The zero-order valence-corrected chi connectivity index (χ0v) is 17.6. The second-order valence-electron chi connectivity index (χ2n) is 7.99. The molecule has 0 aliphatic carbocycles. The molecule has 0 bridgehead atoms. The van der Waals surface area contributed by atoms with Crippen molar-refractivity contribution in [2.75, 3.05) is 5.32 Å². The van der Waals surface area contributed by atoms with Gasteiger partial charge >= 0.3 is 12.4 Å². The Kier molecular flexibility index (Phi) is 6.42. The summed E-state index contributed by atoms with van der Waals surface area (Å²) < 4.78 is 77.2. The van der Waals surface area contributed by atoms with Crippen LogP contribution in [0.5, 0.6) is 0 Å². The third-order valence-electron chi connectivity index (χ3n) is 4.72. The number of hydrogen-bond donors (Lipinski definition) is 2. The lowest BCUT2D eigenvalue weighted by Gasteiger charge is -2.22. The molecule has 3 aromatic rings. The van der Waals surface area contributed by atoms with Gasteiger partial charge in [-0.1, -0.05) is 6.07 Å². The molecule has 0 fully saturated rings. The molecule has 1 aromatic carbocycles. The number of fused-ring (bicyclic) bond motifs is 1. The van der Waals surface area contributed by atoms with Crippen LogP contribution in [0.4, 0.5) is 32.0 Å². The Morgan fingerprint density at radius 3 is 2.42 bits per heavy atom. The molecule has 0 aliphatic rings. The number of nitrogens with zero attached hydrogens (tertiary/aromatic N) is 3. The van der Waals surface area contributed by atoms with Crippen LogP contribution in [0.1, 0.15) is 48.4 Å². The average molecular weight is 474 g/mol. The molecule has 33 heavy (non-hydrogen) atoms. The molecule has 0 atom stereocenters. The van der Waals surface area contributed by atoms with Crippen LogP contribution in [0.15, 0.2) is 36.5 Å². The summed E-state index contributed by atoms with van der Waals surface area (Å²) in [4.78, 5) is 15.9. The van der Waals surface area contributed by atoms with Crippen LogP contribution in [-0.2, 0) is 18.3 Å². The number of amides is 1. The standard InChI is InChI=1S/C21H20F6N4O2/c1-19(2,33)13-10-15-12(11-31(30-15)8-4-7-20(22,23)24)9-16(13)29-18(32)14-5-3-6-17(28-14)21(25,26)27/h3,5-6,9-11,33H,4,7-8H2,1-2H3,(H,29,32). The topological polar surface area (TPSA) is 80.0 Å². The summed E-state index contributed by atoms with van der Waals surface area (Å²) in [6.45, 7) is 2.88. The predicted molar refractivity (Wildman–Crippen MR) is 107 cm³/mol. The molecular weight excluding hydrogens is 454 g/mol. The SMILES string of the molecule is CC(C)(O)c1cc2nn(CCCC(F)(F)F)cc2cc1NC(=O)c1cccc(C(F)(F)F)n1. The Morgan fingerprint density at radius 1 is 1.12 bits per heavy atom. The molecule has 1 amide bonds. The highest BCUT2D eigenvalue weighted by atomic mass is 19.4. The largest absolute Gasteiger partial charge is 0.433 e. The van der Waals surface area contributed by atoms with Gasteiger partial charge in [0.25, 0.3) is 5.91 Å².